The summed E-state index contributed by atoms with van der Waals surface area (Å²) in [7, 11) is 1.59. The Morgan fingerprint density at radius 3 is 2.93 bits per heavy atom. The van der Waals surface area contributed by atoms with Crippen LogP contribution >= 0.6 is 0 Å². The Balaban J connectivity index is 2.47. The van der Waals surface area contributed by atoms with E-state index in [0.717, 1.165) is 5.69 Å². The molecule has 0 saturated carbocycles. The Morgan fingerprint density at radius 2 is 2.33 bits per heavy atom. The molecule has 0 unspecified atom stereocenters. The number of carbonyl (C=O) groups excluding carboxylic acids is 1. The highest BCUT2D eigenvalue weighted by Gasteiger charge is 2.03. The van der Waals surface area contributed by atoms with E-state index < -0.39 is 0 Å². The van der Waals surface area contributed by atoms with Crippen LogP contribution in [0.15, 0.2) is 12.1 Å². The van der Waals surface area contributed by atoms with Crippen molar-refractivity contribution in [3.63, 3.8) is 0 Å². The Kier molecular flexibility index (Phi) is 3.91. The van der Waals surface area contributed by atoms with E-state index in [4.69, 9.17) is 10.5 Å². The molecule has 0 radical (unpaired) electrons. The van der Waals surface area contributed by atoms with Crippen LogP contribution in [0.3, 0.4) is 0 Å². The molecule has 15 heavy (non-hydrogen) atoms. The third kappa shape index (κ3) is 3.46. The topological polar surface area (TPSA) is 77.2 Å². The van der Waals surface area contributed by atoms with Gasteiger partial charge < -0.3 is 15.8 Å². The number of nitrogen functional groups attached to an aromatic ring is 1. The lowest BCUT2D eigenvalue weighted by Gasteiger charge is -2.07. The van der Waals surface area contributed by atoms with Gasteiger partial charge in [0.2, 0.25) is 5.91 Å². The maximum atomic E-state index is 10.9. The molecule has 1 rings (SSSR count). The lowest BCUT2D eigenvalue weighted by atomic mass is 10.3. The average molecular weight is 209 g/mol. The van der Waals surface area contributed by atoms with Gasteiger partial charge in [-0.25, -0.2) is 4.98 Å². The molecule has 1 aromatic rings. The summed E-state index contributed by atoms with van der Waals surface area (Å²) in [5, 5.41) is 2.51. The molecule has 1 heterocycles. The van der Waals surface area contributed by atoms with Gasteiger partial charge in [-0.3, -0.25) is 4.79 Å². The predicted molar refractivity (Wildman–Crippen MR) is 57.6 cm³/mol. The van der Waals surface area contributed by atoms with Crippen molar-refractivity contribution in [2.24, 2.45) is 0 Å². The molecule has 1 amide bonds. The van der Waals surface area contributed by atoms with E-state index in [-0.39, 0.29) is 5.91 Å². The van der Waals surface area contributed by atoms with Gasteiger partial charge in [-0.05, 0) is 19.1 Å². The van der Waals surface area contributed by atoms with Gasteiger partial charge >= 0.3 is 0 Å². The van der Waals surface area contributed by atoms with Crippen LogP contribution in [0.5, 0.6) is 5.75 Å². The summed E-state index contributed by atoms with van der Waals surface area (Å²) in [6.45, 7) is 2.15. The standard InChI is InChI=1S/C10H15N3O2/c1-7-3-4-8(10(11)13-7)15-6-5-9(14)12-2/h3-4H,5-6H2,1-2H3,(H2,11,13)(H,12,14). The number of rotatable bonds is 4. The van der Waals surface area contributed by atoms with Gasteiger partial charge in [-0.1, -0.05) is 0 Å². The number of hydrogen-bond donors (Lipinski definition) is 2. The summed E-state index contributed by atoms with van der Waals surface area (Å²) in [6.07, 6.45) is 0.309. The zero-order chi connectivity index (χ0) is 11.3. The van der Waals surface area contributed by atoms with Gasteiger partial charge in [0, 0.05) is 12.7 Å². The number of aromatic nitrogens is 1. The van der Waals surface area contributed by atoms with Gasteiger partial charge in [0.25, 0.3) is 0 Å². The third-order valence-corrected chi connectivity index (χ3v) is 1.89. The second kappa shape index (κ2) is 5.19. The number of amides is 1. The van der Waals surface area contributed by atoms with Crippen LogP contribution in [0.4, 0.5) is 5.82 Å². The zero-order valence-electron chi connectivity index (χ0n) is 8.91. The normalized spacial score (nSPS) is 9.73. The van der Waals surface area contributed by atoms with Crippen LogP contribution in [-0.2, 0) is 4.79 Å². The first kappa shape index (κ1) is 11.3. The lowest BCUT2D eigenvalue weighted by molar-refractivity contribution is -0.121. The molecule has 0 aromatic carbocycles. The molecule has 5 heteroatoms. The van der Waals surface area contributed by atoms with E-state index in [1.165, 1.54) is 0 Å². The first-order valence-corrected chi connectivity index (χ1v) is 4.70. The molecule has 0 saturated heterocycles. The van der Waals surface area contributed by atoms with Crippen LogP contribution in [0.1, 0.15) is 12.1 Å². The fourth-order valence-corrected chi connectivity index (χ4v) is 1.06. The van der Waals surface area contributed by atoms with Crippen molar-refractivity contribution in [2.75, 3.05) is 19.4 Å². The van der Waals surface area contributed by atoms with Crippen LogP contribution < -0.4 is 15.8 Å². The van der Waals surface area contributed by atoms with Crippen molar-refractivity contribution >= 4 is 11.7 Å². The molecule has 0 atom stereocenters. The minimum absolute atomic E-state index is 0.0614. The Bertz CT molecular complexity index is 353. The van der Waals surface area contributed by atoms with Gasteiger partial charge in [-0.15, -0.1) is 0 Å². The zero-order valence-corrected chi connectivity index (χ0v) is 8.91. The first-order valence-electron chi connectivity index (χ1n) is 4.70. The quantitative estimate of drug-likeness (QED) is 0.756. The molecule has 0 aliphatic heterocycles. The fraction of sp³-hybridized carbons (Fsp3) is 0.400. The number of nitrogens with two attached hydrogens (primary N) is 1. The number of pyridine rings is 1. The SMILES string of the molecule is CNC(=O)CCOc1ccc(C)nc1N. The van der Waals surface area contributed by atoms with Gasteiger partial charge in [0.05, 0.1) is 13.0 Å². The van der Waals surface area contributed by atoms with Crippen molar-refractivity contribution in [2.45, 2.75) is 13.3 Å². The predicted octanol–water partition coefficient (Wildman–Crippen LogP) is 0.487. The third-order valence-electron chi connectivity index (χ3n) is 1.89. The van der Waals surface area contributed by atoms with Crippen molar-refractivity contribution < 1.29 is 9.53 Å². The molecule has 0 fully saturated rings. The second-order valence-electron chi connectivity index (χ2n) is 3.11. The average Bonchev–Trinajstić information content (AvgIpc) is 2.21. The van der Waals surface area contributed by atoms with Crippen LogP contribution in [0.25, 0.3) is 0 Å². The van der Waals surface area contributed by atoms with Gasteiger partial charge in [0.1, 0.15) is 0 Å². The summed E-state index contributed by atoms with van der Waals surface area (Å²) in [6, 6.07) is 3.56. The monoisotopic (exact) mass is 209 g/mol. The highest BCUT2D eigenvalue weighted by Crippen LogP contribution is 2.18. The fourth-order valence-electron chi connectivity index (χ4n) is 1.06. The number of ether oxygens (including phenoxy) is 1. The first-order chi connectivity index (χ1) is 7.13. The van der Waals surface area contributed by atoms with E-state index >= 15 is 0 Å². The molecule has 3 N–H and O–H groups in total. The summed E-state index contributed by atoms with van der Waals surface area (Å²) in [5.41, 5.74) is 6.47. The van der Waals surface area contributed by atoms with Crippen molar-refractivity contribution in [1.29, 1.82) is 0 Å². The number of anilines is 1. The van der Waals surface area contributed by atoms with E-state index in [1.807, 2.05) is 13.0 Å². The van der Waals surface area contributed by atoms with Crippen LogP contribution in [-0.4, -0.2) is 24.5 Å². The molecule has 0 aliphatic rings. The summed E-state index contributed by atoms with van der Waals surface area (Å²) >= 11 is 0. The lowest BCUT2D eigenvalue weighted by Crippen LogP contribution is -2.20. The Hall–Kier alpha value is -1.78. The molecular weight excluding hydrogens is 194 g/mol. The van der Waals surface area contributed by atoms with Crippen LogP contribution in [0, 0.1) is 6.92 Å². The van der Waals surface area contributed by atoms with E-state index in [9.17, 15) is 4.79 Å². The minimum Gasteiger partial charge on any atom is -0.489 e. The van der Waals surface area contributed by atoms with Gasteiger partial charge in [-0.2, -0.15) is 0 Å². The molecule has 0 aliphatic carbocycles. The number of carbonyl (C=O) groups is 1. The molecule has 0 bridgehead atoms. The molecule has 5 nitrogen and oxygen atoms in total. The number of nitrogens with zero attached hydrogens (tertiary/aromatic N) is 1. The maximum absolute atomic E-state index is 10.9. The summed E-state index contributed by atoms with van der Waals surface area (Å²) < 4.78 is 5.32. The van der Waals surface area contributed by atoms with E-state index in [1.54, 1.807) is 13.1 Å². The number of hydrogen-bond acceptors (Lipinski definition) is 4. The maximum Gasteiger partial charge on any atom is 0.223 e. The highest BCUT2D eigenvalue weighted by molar-refractivity contribution is 5.75. The summed E-state index contributed by atoms with van der Waals surface area (Å²) in [4.78, 5) is 14.9. The highest BCUT2D eigenvalue weighted by atomic mass is 16.5. The van der Waals surface area contributed by atoms with Crippen molar-refractivity contribution in [3.05, 3.63) is 17.8 Å². The molecule has 1 aromatic heterocycles. The number of aryl methyl sites for hydroxylation is 1. The Labute approximate surface area is 88.6 Å². The smallest absolute Gasteiger partial charge is 0.223 e. The largest absolute Gasteiger partial charge is 0.489 e. The van der Waals surface area contributed by atoms with Crippen molar-refractivity contribution in [3.8, 4) is 5.75 Å². The summed E-state index contributed by atoms with van der Waals surface area (Å²) in [5.74, 6) is 0.810. The molecular formula is C10H15N3O2. The molecule has 0 spiro atoms. The van der Waals surface area contributed by atoms with E-state index in [2.05, 4.69) is 10.3 Å². The van der Waals surface area contributed by atoms with Crippen LogP contribution in [0.2, 0.25) is 0 Å². The van der Waals surface area contributed by atoms with Gasteiger partial charge in [0.15, 0.2) is 11.6 Å². The second-order valence-corrected chi connectivity index (χ2v) is 3.11. The number of nitrogens with one attached hydrogen (secondary N) is 1. The Morgan fingerprint density at radius 1 is 1.60 bits per heavy atom. The van der Waals surface area contributed by atoms with Crippen molar-refractivity contribution in [1.82, 2.24) is 10.3 Å². The minimum atomic E-state index is -0.0614. The van der Waals surface area contributed by atoms with E-state index in [0.29, 0.717) is 24.6 Å². The molecule has 82 valence electrons.